The van der Waals surface area contributed by atoms with E-state index in [-0.39, 0.29) is 28.9 Å². The zero-order chi connectivity index (χ0) is 24.0. The fourth-order valence-corrected chi connectivity index (χ4v) is 4.44. The van der Waals surface area contributed by atoms with Gasteiger partial charge in [-0.3, -0.25) is 4.79 Å². The summed E-state index contributed by atoms with van der Waals surface area (Å²) in [5.74, 6) is 0.402. The number of carbonyl (C=O) groups is 1. The number of hydrogen-bond acceptors (Lipinski definition) is 6. The Hall–Kier alpha value is -3.76. The molecule has 2 aliphatic rings. The predicted octanol–water partition coefficient (Wildman–Crippen LogP) is 3.48. The molecule has 1 fully saturated rings. The standard InChI is InChI=1S/C23H22F3N5O3/c1-33-18-6-5-14(10-19(18)34-2)17-11-20(23(24,25)26)31-21(28-17)16(12-27-31)22(32)30-9-8-29-7-3-4-15(29)13-30/h3,5-7,10-12,15H,4,8-9,13H2,1-2H3. The molecule has 0 spiro atoms. The van der Waals surface area contributed by atoms with Crippen molar-refractivity contribution in [3.8, 4) is 22.8 Å². The number of carbonyl (C=O) groups excluding carboxylic acids is 1. The second-order valence-electron chi connectivity index (χ2n) is 8.15. The van der Waals surface area contributed by atoms with Gasteiger partial charge in [-0.2, -0.15) is 18.3 Å². The third-order valence-corrected chi connectivity index (χ3v) is 6.19. The molecule has 4 heterocycles. The second kappa shape index (κ2) is 8.23. The van der Waals surface area contributed by atoms with E-state index in [9.17, 15) is 18.0 Å². The second-order valence-corrected chi connectivity index (χ2v) is 8.15. The smallest absolute Gasteiger partial charge is 0.433 e. The van der Waals surface area contributed by atoms with E-state index >= 15 is 0 Å². The molecule has 1 saturated heterocycles. The highest BCUT2D eigenvalue weighted by molar-refractivity contribution is 6.00. The van der Waals surface area contributed by atoms with Crippen molar-refractivity contribution in [3.63, 3.8) is 0 Å². The lowest BCUT2D eigenvalue weighted by molar-refractivity contribution is -0.142. The van der Waals surface area contributed by atoms with Crippen LogP contribution in [0.25, 0.3) is 16.9 Å². The largest absolute Gasteiger partial charge is 0.493 e. The van der Waals surface area contributed by atoms with Gasteiger partial charge < -0.3 is 19.3 Å². The molecule has 0 aliphatic carbocycles. The summed E-state index contributed by atoms with van der Waals surface area (Å²) in [7, 11) is 2.90. The molecule has 11 heteroatoms. The van der Waals surface area contributed by atoms with E-state index in [0.29, 0.717) is 41.2 Å². The number of benzene rings is 1. The molecule has 2 aliphatic heterocycles. The number of halogens is 3. The molecule has 34 heavy (non-hydrogen) atoms. The Morgan fingerprint density at radius 3 is 2.65 bits per heavy atom. The highest BCUT2D eigenvalue weighted by atomic mass is 19.4. The van der Waals surface area contributed by atoms with Gasteiger partial charge in [-0.05, 0) is 36.9 Å². The molecule has 1 amide bonds. The van der Waals surface area contributed by atoms with Crippen molar-refractivity contribution < 1.29 is 27.4 Å². The van der Waals surface area contributed by atoms with E-state index in [1.165, 1.54) is 14.2 Å². The van der Waals surface area contributed by atoms with Crippen molar-refractivity contribution in [2.45, 2.75) is 18.6 Å². The van der Waals surface area contributed by atoms with Gasteiger partial charge in [0.1, 0.15) is 5.56 Å². The highest BCUT2D eigenvalue weighted by Gasteiger charge is 2.37. The van der Waals surface area contributed by atoms with Crippen LogP contribution in [0.3, 0.4) is 0 Å². The molecule has 5 rings (SSSR count). The first kappa shape index (κ1) is 22.1. The molecule has 1 aromatic carbocycles. The summed E-state index contributed by atoms with van der Waals surface area (Å²) in [6, 6.07) is 5.82. The topological polar surface area (TPSA) is 72.2 Å². The molecule has 0 bridgehead atoms. The lowest BCUT2D eigenvalue weighted by atomic mass is 10.1. The number of alkyl halides is 3. The van der Waals surface area contributed by atoms with Crippen LogP contribution in [0.15, 0.2) is 42.7 Å². The third-order valence-electron chi connectivity index (χ3n) is 6.19. The van der Waals surface area contributed by atoms with Crippen LogP contribution in [0.1, 0.15) is 22.5 Å². The first-order valence-corrected chi connectivity index (χ1v) is 10.7. The summed E-state index contributed by atoms with van der Waals surface area (Å²) in [6.45, 7) is 1.63. The van der Waals surface area contributed by atoms with Crippen molar-refractivity contribution in [1.29, 1.82) is 0 Å². The van der Waals surface area contributed by atoms with E-state index in [0.717, 1.165) is 18.7 Å². The summed E-state index contributed by atoms with van der Waals surface area (Å²) < 4.78 is 53.0. The summed E-state index contributed by atoms with van der Waals surface area (Å²) in [6.07, 6.45) is 1.37. The number of piperazine rings is 1. The number of methoxy groups -OCH3 is 2. The molecule has 1 atom stereocenters. The van der Waals surface area contributed by atoms with Crippen molar-refractivity contribution >= 4 is 11.6 Å². The van der Waals surface area contributed by atoms with Crippen molar-refractivity contribution in [2.75, 3.05) is 33.9 Å². The monoisotopic (exact) mass is 473 g/mol. The Kier molecular flexibility index (Phi) is 5.34. The van der Waals surface area contributed by atoms with E-state index < -0.39 is 11.9 Å². The number of fused-ring (bicyclic) bond motifs is 2. The van der Waals surface area contributed by atoms with Crippen LogP contribution >= 0.6 is 0 Å². The fourth-order valence-electron chi connectivity index (χ4n) is 4.44. The van der Waals surface area contributed by atoms with Gasteiger partial charge in [0, 0.05) is 31.2 Å². The van der Waals surface area contributed by atoms with E-state index in [2.05, 4.69) is 21.1 Å². The van der Waals surface area contributed by atoms with Crippen LogP contribution in [0.2, 0.25) is 0 Å². The lowest BCUT2D eigenvalue weighted by Gasteiger charge is -2.38. The minimum absolute atomic E-state index is 0.0345. The van der Waals surface area contributed by atoms with Gasteiger partial charge in [0.25, 0.3) is 5.91 Å². The van der Waals surface area contributed by atoms with Gasteiger partial charge >= 0.3 is 6.18 Å². The molecule has 0 N–H and O–H groups in total. The minimum Gasteiger partial charge on any atom is -0.493 e. The molecule has 178 valence electrons. The summed E-state index contributed by atoms with van der Waals surface area (Å²) in [5.41, 5.74) is -0.703. The maximum Gasteiger partial charge on any atom is 0.433 e. The number of amides is 1. The first-order chi connectivity index (χ1) is 16.3. The molecule has 8 nitrogen and oxygen atoms in total. The average Bonchev–Trinajstić information content (AvgIpc) is 3.48. The van der Waals surface area contributed by atoms with Crippen LogP contribution < -0.4 is 9.47 Å². The van der Waals surface area contributed by atoms with E-state index in [4.69, 9.17) is 9.47 Å². The lowest BCUT2D eigenvalue weighted by Crippen LogP contribution is -2.51. The van der Waals surface area contributed by atoms with Crippen LogP contribution in [0.5, 0.6) is 11.5 Å². The maximum atomic E-state index is 13.9. The first-order valence-electron chi connectivity index (χ1n) is 10.7. The quantitative estimate of drug-likeness (QED) is 0.578. The van der Waals surface area contributed by atoms with E-state index in [1.54, 1.807) is 23.1 Å². The Balaban J connectivity index is 1.59. The number of nitrogens with zero attached hydrogens (tertiary/aromatic N) is 5. The Labute approximate surface area is 193 Å². The van der Waals surface area contributed by atoms with Gasteiger partial charge in [-0.1, -0.05) is 6.08 Å². The van der Waals surface area contributed by atoms with Crippen molar-refractivity contribution in [1.82, 2.24) is 24.4 Å². The Morgan fingerprint density at radius 1 is 1.12 bits per heavy atom. The zero-order valence-electron chi connectivity index (χ0n) is 18.5. The van der Waals surface area contributed by atoms with E-state index in [1.807, 2.05) is 6.20 Å². The van der Waals surface area contributed by atoms with Gasteiger partial charge in [0.05, 0.1) is 26.1 Å². The SMILES string of the molecule is COc1ccc(-c2cc(C(F)(F)F)n3ncc(C(=O)N4CCN5C=CCC5C4)c3n2)cc1OC. The summed E-state index contributed by atoms with van der Waals surface area (Å²) in [5, 5.41) is 3.88. The van der Waals surface area contributed by atoms with Crippen molar-refractivity contribution in [2.24, 2.45) is 0 Å². The predicted molar refractivity (Wildman–Crippen MR) is 117 cm³/mol. The maximum absolute atomic E-state index is 13.9. The highest BCUT2D eigenvalue weighted by Crippen LogP contribution is 2.36. The number of ether oxygens (including phenoxy) is 2. The fraction of sp³-hybridized carbons (Fsp3) is 0.348. The number of aromatic nitrogens is 3. The third kappa shape index (κ3) is 3.70. The number of hydrogen-bond donors (Lipinski definition) is 0. The Morgan fingerprint density at radius 2 is 1.91 bits per heavy atom. The normalized spacial score (nSPS) is 17.9. The van der Waals surface area contributed by atoms with Gasteiger partial charge in [0.15, 0.2) is 22.8 Å². The van der Waals surface area contributed by atoms with Crippen LogP contribution in [-0.4, -0.2) is 70.2 Å². The Bertz CT molecular complexity index is 1290. The van der Waals surface area contributed by atoms with Gasteiger partial charge in [0.2, 0.25) is 0 Å². The van der Waals surface area contributed by atoms with Crippen LogP contribution in [0.4, 0.5) is 13.2 Å². The molecule has 0 saturated carbocycles. The molecular weight excluding hydrogens is 451 g/mol. The molecule has 0 radical (unpaired) electrons. The minimum atomic E-state index is -4.71. The molecule has 1 unspecified atom stereocenters. The average molecular weight is 473 g/mol. The summed E-state index contributed by atoms with van der Waals surface area (Å²) >= 11 is 0. The van der Waals surface area contributed by atoms with Gasteiger partial charge in [-0.25, -0.2) is 9.50 Å². The van der Waals surface area contributed by atoms with Crippen molar-refractivity contribution in [3.05, 3.63) is 54.0 Å². The van der Waals surface area contributed by atoms with Crippen LogP contribution in [-0.2, 0) is 6.18 Å². The molecule has 2 aromatic heterocycles. The van der Waals surface area contributed by atoms with Gasteiger partial charge in [-0.15, -0.1) is 0 Å². The van der Waals surface area contributed by atoms with Crippen LogP contribution in [0, 0.1) is 0 Å². The molecule has 3 aromatic rings. The summed E-state index contributed by atoms with van der Waals surface area (Å²) in [4.78, 5) is 21.6. The molecular formula is C23H22F3N5O3. The zero-order valence-corrected chi connectivity index (χ0v) is 18.5. The number of rotatable bonds is 4.